The zero-order chi connectivity index (χ0) is 47.9. The maximum Gasteiger partial charge on any atom is 0.305 e. The summed E-state index contributed by atoms with van der Waals surface area (Å²) in [6.45, 7) is 8.80. The van der Waals surface area contributed by atoms with Crippen molar-refractivity contribution in [3.05, 3.63) is 69.7 Å². The largest absolute Gasteiger partial charge is 0.494 e. The van der Waals surface area contributed by atoms with Crippen LogP contribution in [0, 0.1) is 0 Å². The topological polar surface area (TPSA) is 217 Å². The van der Waals surface area contributed by atoms with Crippen LogP contribution in [0.1, 0.15) is 31.9 Å². The van der Waals surface area contributed by atoms with Gasteiger partial charge in [0, 0.05) is 44.1 Å². The summed E-state index contributed by atoms with van der Waals surface area (Å²) in [5, 5.41) is 27.7. The van der Waals surface area contributed by atoms with Crippen LogP contribution < -0.4 is 29.9 Å². The van der Waals surface area contributed by atoms with Gasteiger partial charge in [0.25, 0.3) is 0 Å². The summed E-state index contributed by atoms with van der Waals surface area (Å²) in [6.07, 6.45) is 0. The SMILES string of the molecule is CCN(CC)c1cc(Nc2nc3nc(n2)SCc2cccc(c2)CN(CC)c2cc(c(N=Nc4snc5sc(S(=O)(=O)O)c(Cl)c45)cc2OC)N3)c(N=Nc2snc3sc(S)c(Cl)c23)cc1OC. The molecule has 352 valence electrons. The molecule has 1 aliphatic heterocycles. The molecule has 0 spiro atoms. The van der Waals surface area contributed by atoms with E-state index in [-0.39, 0.29) is 32.1 Å². The lowest BCUT2D eigenvalue weighted by atomic mass is 10.1. The van der Waals surface area contributed by atoms with Crippen LogP contribution in [-0.4, -0.2) is 70.5 Å². The van der Waals surface area contributed by atoms with E-state index in [1.165, 1.54) is 34.6 Å². The molecule has 8 aromatic rings. The summed E-state index contributed by atoms with van der Waals surface area (Å²) in [6, 6.07) is 15.7. The Bertz CT molecular complexity index is 3390. The van der Waals surface area contributed by atoms with Crippen molar-refractivity contribution in [2.45, 2.75) is 46.6 Å². The van der Waals surface area contributed by atoms with Crippen molar-refractivity contribution >= 4 is 180 Å². The van der Waals surface area contributed by atoms with Crippen molar-refractivity contribution in [2.24, 2.45) is 20.5 Å². The number of methoxy groups -OCH3 is 2. The number of halogens is 2. The van der Waals surface area contributed by atoms with Crippen molar-refractivity contribution in [3.63, 3.8) is 0 Å². The minimum absolute atomic E-state index is 0.174. The number of hydrogen-bond acceptors (Lipinski definition) is 23. The molecule has 0 fully saturated rings. The van der Waals surface area contributed by atoms with Gasteiger partial charge in [0.2, 0.25) is 11.9 Å². The van der Waals surface area contributed by atoms with E-state index in [1.807, 2.05) is 18.2 Å². The van der Waals surface area contributed by atoms with Gasteiger partial charge in [0.15, 0.2) is 19.4 Å². The Labute approximate surface area is 425 Å². The van der Waals surface area contributed by atoms with E-state index in [9.17, 15) is 13.0 Å². The second-order valence-corrected chi connectivity index (χ2v) is 22.1. The van der Waals surface area contributed by atoms with Gasteiger partial charge in [-0.2, -0.15) is 32.1 Å². The average molecular weight is 1090 g/mol. The first kappa shape index (κ1) is 48.1. The van der Waals surface area contributed by atoms with Gasteiger partial charge in [-0.3, -0.25) is 4.55 Å². The van der Waals surface area contributed by atoms with Gasteiger partial charge in [-0.1, -0.05) is 70.6 Å². The molecule has 1 aliphatic rings. The second kappa shape index (κ2) is 20.2. The predicted octanol–water partition coefficient (Wildman–Crippen LogP) is 13.9. The van der Waals surface area contributed by atoms with E-state index in [0.29, 0.717) is 91.0 Å². The van der Waals surface area contributed by atoms with E-state index >= 15 is 0 Å². The van der Waals surface area contributed by atoms with Crippen LogP contribution >= 0.6 is 93.3 Å². The molecular weight excluding hydrogens is 1050 g/mol. The van der Waals surface area contributed by atoms with E-state index in [4.69, 9.17) is 52.7 Å². The number of hydrogen-bond donors (Lipinski definition) is 4. The molecule has 0 unspecified atom stereocenters. The van der Waals surface area contributed by atoms with Gasteiger partial charge in [-0.05, 0) is 67.1 Å². The van der Waals surface area contributed by atoms with E-state index in [0.717, 1.165) is 50.2 Å². The van der Waals surface area contributed by atoms with Crippen LogP contribution in [-0.2, 0) is 22.4 Å². The van der Waals surface area contributed by atoms with Gasteiger partial charge in [0.1, 0.15) is 32.5 Å². The van der Waals surface area contributed by atoms with Crippen molar-refractivity contribution < 1.29 is 22.4 Å². The van der Waals surface area contributed by atoms with Gasteiger partial charge in [-0.25, -0.2) is 0 Å². The lowest BCUT2D eigenvalue weighted by Gasteiger charge is -2.27. The molecule has 3 aromatic carbocycles. The van der Waals surface area contributed by atoms with Crippen LogP contribution in [0.5, 0.6) is 11.5 Å². The quantitative estimate of drug-likeness (QED) is 0.0480. The molecule has 0 saturated carbocycles. The Balaban J connectivity index is 1.17. The fourth-order valence-electron chi connectivity index (χ4n) is 7.22. The Hall–Kier alpha value is -4.96. The van der Waals surface area contributed by atoms with Crippen molar-refractivity contribution in [1.82, 2.24) is 23.7 Å². The fraction of sp³-hybridized carbons (Fsp3) is 0.244. The number of benzene rings is 3. The Morgan fingerprint density at radius 1 is 0.868 bits per heavy atom. The zero-order valence-corrected chi connectivity index (χ0v) is 43.6. The normalized spacial score (nSPS) is 13.2. The highest BCUT2D eigenvalue weighted by molar-refractivity contribution is 7.98. The lowest BCUT2D eigenvalue weighted by molar-refractivity contribution is 0.414. The summed E-state index contributed by atoms with van der Waals surface area (Å²) in [7, 11) is -1.42. The number of thiophene rings is 2. The molecule has 6 bridgehead atoms. The third-order valence-corrected chi connectivity index (χ3v) is 18.1. The molecule has 0 saturated heterocycles. The minimum atomic E-state index is -4.60. The summed E-state index contributed by atoms with van der Waals surface area (Å²) >= 11 is 23.3. The summed E-state index contributed by atoms with van der Waals surface area (Å²) in [4.78, 5) is 20.0. The molecule has 3 N–H and O–H groups in total. The summed E-state index contributed by atoms with van der Waals surface area (Å²) in [5.74, 6) is 2.02. The van der Waals surface area contributed by atoms with Gasteiger partial charge < -0.3 is 29.9 Å². The smallest absolute Gasteiger partial charge is 0.305 e. The molecule has 0 aliphatic carbocycles. The predicted molar refractivity (Wildman–Crippen MR) is 279 cm³/mol. The Morgan fingerprint density at radius 2 is 1.54 bits per heavy atom. The number of anilines is 6. The highest BCUT2D eigenvalue weighted by Crippen LogP contribution is 2.49. The number of fused-ring (bicyclic) bond motifs is 8. The van der Waals surface area contributed by atoms with Gasteiger partial charge in [-0.15, -0.1) is 44.4 Å². The van der Waals surface area contributed by atoms with Crippen molar-refractivity contribution in [1.29, 1.82) is 0 Å². The monoisotopic (exact) mass is 1090 g/mol. The van der Waals surface area contributed by atoms with Crippen LogP contribution in [0.15, 0.2) is 82.6 Å². The number of azo groups is 2. The van der Waals surface area contributed by atoms with E-state index in [1.54, 1.807) is 26.4 Å². The average Bonchev–Trinajstić information content (AvgIpc) is 4.09. The van der Waals surface area contributed by atoms with Gasteiger partial charge >= 0.3 is 10.1 Å². The third kappa shape index (κ3) is 9.77. The number of aromatic nitrogens is 5. The first-order valence-corrected chi connectivity index (χ1v) is 27.2. The summed E-state index contributed by atoms with van der Waals surface area (Å²) < 4.78 is 54.8. The Kier molecular flexibility index (Phi) is 14.3. The minimum Gasteiger partial charge on any atom is -0.494 e. The fourth-order valence-corrected chi connectivity index (χ4v) is 13.7. The molecule has 9 rings (SSSR count). The van der Waals surface area contributed by atoms with E-state index < -0.39 is 14.3 Å². The highest BCUT2D eigenvalue weighted by atomic mass is 35.5. The molecule has 18 nitrogen and oxygen atoms in total. The van der Waals surface area contributed by atoms with E-state index in [2.05, 4.69) is 96.1 Å². The molecule has 0 atom stereocenters. The lowest BCUT2D eigenvalue weighted by Crippen LogP contribution is -2.23. The van der Waals surface area contributed by atoms with Crippen LogP contribution in [0.4, 0.5) is 56.0 Å². The van der Waals surface area contributed by atoms with Gasteiger partial charge in [0.05, 0.1) is 62.0 Å². The molecule has 5 aromatic heterocycles. The van der Waals surface area contributed by atoms with Crippen molar-refractivity contribution in [3.8, 4) is 11.5 Å². The standard InChI is InChI=1S/C41H37Cl2N13O5S7/c1-6-55(7-2)25-13-21(23(15-27(25)60-4)49-51-33-29-31(42)37(62)64-35(29)53-66-33)44-39-46-40-45-22-14-26(56(8-3)17-19-10-9-11-20(12-19)18-63-41(47-39)48-40)28(61-5)16-24(22)50-52-34-30-32(43)38(68(57,58)59)65-36(30)54-67-34/h9-16,62H,6-8,17-18H2,1-5H3,(H,57,58,59)(H2,44,45,46,47,48). The van der Waals surface area contributed by atoms with Crippen LogP contribution in [0.3, 0.4) is 0 Å². The molecule has 0 amide bonds. The maximum atomic E-state index is 12.1. The Morgan fingerprint density at radius 3 is 2.24 bits per heavy atom. The third-order valence-electron chi connectivity index (χ3n) is 10.5. The number of thiol groups is 1. The first-order chi connectivity index (χ1) is 32.8. The summed E-state index contributed by atoms with van der Waals surface area (Å²) in [5.41, 5.74) is 5.45. The second-order valence-electron chi connectivity index (χ2n) is 14.5. The number of nitrogens with one attached hydrogen (secondary N) is 2. The molecule has 0 radical (unpaired) electrons. The number of ether oxygens (including phenoxy) is 2. The van der Waals surface area contributed by atoms with Crippen molar-refractivity contribution in [2.75, 3.05) is 54.3 Å². The highest BCUT2D eigenvalue weighted by Gasteiger charge is 2.26. The zero-order valence-electron chi connectivity index (χ0n) is 36.3. The first-order valence-electron chi connectivity index (χ1n) is 20.4. The molecule has 68 heavy (non-hydrogen) atoms. The van der Waals surface area contributed by atoms with Crippen LogP contribution in [0.25, 0.3) is 20.4 Å². The molecule has 27 heteroatoms. The molecule has 6 heterocycles. The maximum absolute atomic E-state index is 12.1. The molecular formula is C41H37Cl2N13O5S7. The van der Waals surface area contributed by atoms with Crippen LogP contribution in [0.2, 0.25) is 10.0 Å². The number of nitrogens with zero attached hydrogens (tertiary/aromatic N) is 11. The number of rotatable bonds is 13. The number of thioether (sulfide) groups is 1.